The van der Waals surface area contributed by atoms with Gasteiger partial charge in [-0.3, -0.25) is 10.1 Å². The molecule has 1 fully saturated rings. The molecule has 0 radical (unpaired) electrons. The molecule has 2 N–H and O–H groups in total. The van der Waals surface area contributed by atoms with E-state index < -0.39 is 5.91 Å². The topological polar surface area (TPSA) is 57.5 Å². The molecular formula is C24H23Cl2N3O2S. The number of halogens is 2. The SMILES string of the molecule is C[C@H]1CCCCN1c1ccc(NC(=S)NC(=O)c2ccc(-c3ccc(Cl)cc3Cl)o2)cc1. The van der Waals surface area contributed by atoms with Crippen LogP contribution < -0.4 is 15.5 Å². The number of nitrogens with one attached hydrogen (secondary N) is 2. The average molecular weight is 488 g/mol. The monoisotopic (exact) mass is 487 g/mol. The Morgan fingerprint density at radius 2 is 1.88 bits per heavy atom. The number of rotatable bonds is 4. The normalized spacial score (nSPS) is 16.0. The van der Waals surface area contributed by atoms with E-state index in [2.05, 4.69) is 34.6 Å². The van der Waals surface area contributed by atoms with E-state index in [-0.39, 0.29) is 10.9 Å². The first-order valence-electron chi connectivity index (χ1n) is 10.4. The van der Waals surface area contributed by atoms with Crippen LogP contribution in [-0.4, -0.2) is 23.6 Å². The number of furan rings is 1. The Morgan fingerprint density at radius 3 is 2.59 bits per heavy atom. The van der Waals surface area contributed by atoms with Gasteiger partial charge in [-0.2, -0.15) is 0 Å². The van der Waals surface area contributed by atoms with Crippen LogP contribution in [0.4, 0.5) is 11.4 Å². The van der Waals surface area contributed by atoms with Crippen LogP contribution in [0.5, 0.6) is 0 Å². The zero-order valence-electron chi connectivity index (χ0n) is 17.5. The second-order valence-electron chi connectivity index (χ2n) is 7.78. The number of carbonyl (C=O) groups excluding carboxylic acids is 1. The molecule has 32 heavy (non-hydrogen) atoms. The van der Waals surface area contributed by atoms with Crippen molar-refractivity contribution in [2.24, 2.45) is 0 Å². The van der Waals surface area contributed by atoms with Crippen molar-refractivity contribution in [3.8, 4) is 11.3 Å². The number of anilines is 2. The zero-order chi connectivity index (χ0) is 22.7. The van der Waals surface area contributed by atoms with Gasteiger partial charge in [0.1, 0.15) is 5.76 Å². The second kappa shape index (κ2) is 9.94. The molecule has 0 unspecified atom stereocenters. The van der Waals surface area contributed by atoms with Crippen molar-refractivity contribution in [1.29, 1.82) is 0 Å². The molecule has 1 aliphatic rings. The van der Waals surface area contributed by atoms with Gasteiger partial charge in [0.05, 0.1) is 5.02 Å². The van der Waals surface area contributed by atoms with Gasteiger partial charge >= 0.3 is 0 Å². The maximum atomic E-state index is 12.5. The highest BCUT2D eigenvalue weighted by molar-refractivity contribution is 7.80. The van der Waals surface area contributed by atoms with Crippen molar-refractivity contribution in [2.75, 3.05) is 16.8 Å². The lowest BCUT2D eigenvalue weighted by Gasteiger charge is -2.35. The van der Waals surface area contributed by atoms with Gasteiger partial charge in [-0.25, -0.2) is 0 Å². The average Bonchev–Trinajstić information content (AvgIpc) is 3.25. The van der Waals surface area contributed by atoms with Gasteiger partial charge in [-0.1, -0.05) is 23.2 Å². The van der Waals surface area contributed by atoms with Crippen LogP contribution in [0.3, 0.4) is 0 Å². The van der Waals surface area contributed by atoms with Crippen molar-refractivity contribution in [2.45, 2.75) is 32.2 Å². The molecule has 5 nitrogen and oxygen atoms in total. The molecule has 1 aliphatic heterocycles. The highest BCUT2D eigenvalue weighted by Gasteiger charge is 2.19. The molecule has 3 aromatic rings. The highest BCUT2D eigenvalue weighted by atomic mass is 35.5. The molecule has 1 amide bonds. The van der Waals surface area contributed by atoms with Gasteiger partial charge in [0, 0.05) is 34.5 Å². The summed E-state index contributed by atoms with van der Waals surface area (Å²) in [5, 5.41) is 6.84. The molecule has 1 aromatic heterocycles. The third kappa shape index (κ3) is 5.26. The summed E-state index contributed by atoms with van der Waals surface area (Å²) in [4.78, 5) is 15.0. The van der Waals surface area contributed by atoms with Crippen molar-refractivity contribution in [3.05, 3.63) is 70.4 Å². The van der Waals surface area contributed by atoms with Gasteiger partial charge in [0.25, 0.3) is 5.91 Å². The fourth-order valence-electron chi connectivity index (χ4n) is 3.84. The number of amides is 1. The van der Waals surface area contributed by atoms with Crippen LogP contribution in [0.1, 0.15) is 36.7 Å². The smallest absolute Gasteiger partial charge is 0.293 e. The lowest BCUT2D eigenvalue weighted by Crippen LogP contribution is -2.37. The van der Waals surface area contributed by atoms with E-state index in [0.717, 1.165) is 12.2 Å². The third-order valence-corrected chi connectivity index (χ3v) is 6.27. The van der Waals surface area contributed by atoms with Crippen LogP contribution in [0, 0.1) is 0 Å². The van der Waals surface area contributed by atoms with Crippen molar-refractivity contribution >= 4 is 57.8 Å². The van der Waals surface area contributed by atoms with E-state index in [4.69, 9.17) is 39.8 Å². The molecule has 4 rings (SSSR count). The summed E-state index contributed by atoms with van der Waals surface area (Å²) in [5.41, 5.74) is 2.65. The number of benzene rings is 2. The lowest BCUT2D eigenvalue weighted by molar-refractivity contribution is 0.0951. The van der Waals surface area contributed by atoms with E-state index in [1.807, 2.05) is 12.1 Å². The Morgan fingerprint density at radius 1 is 1.09 bits per heavy atom. The fourth-order valence-corrected chi connectivity index (χ4v) is 4.55. The van der Waals surface area contributed by atoms with Crippen LogP contribution in [0.2, 0.25) is 10.0 Å². The van der Waals surface area contributed by atoms with Gasteiger partial charge in [-0.05, 0) is 93.0 Å². The first-order valence-corrected chi connectivity index (χ1v) is 11.6. The predicted molar refractivity (Wildman–Crippen MR) is 135 cm³/mol. The Bertz CT molecular complexity index is 1130. The number of thiocarbonyl (C=S) groups is 1. The van der Waals surface area contributed by atoms with Gasteiger partial charge in [0.2, 0.25) is 0 Å². The van der Waals surface area contributed by atoms with Gasteiger partial charge < -0.3 is 14.6 Å². The fraction of sp³-hybridized carbons (Fsp3) is 0.250. The highest BCUT2D eigenvalue weighted by Crippen LogP contribution is 2.31. The molecule has 8 heteroatoms. The van der Waals surface area contributed by atoms with E-state index in [1.54, 1.807) is 30.3 Å². The van der Waals surface area contributed by atoms with E-state index in [1.165, 1.54) is 24.9 Å². The third-order valence-electron chi connectivity index (χ3n) is 5.51. The minimum absolute atomic E-state index is 0.129. The Kier molecular flexibility index (Phi) is 7.04. The second-order valence-corrected chi connectivity index (χ2v) is 9.03. The summed E-state index contributed by atoms with van der Waals surface area (Å²) < 4.78 is 5.66. The number of piperidine rings is 1. The van der Waals surface area contributed by atoms with Crippen LogP contribution in [-0.2, 0) is 0 Å². The molecular weight excluding hydrogens is 465 g/mol. The Hall–Kier alpha value is -2.54. The van der Waals surface area contributed by atoms with E-state index in [0.29, 0.717) is 27.4 Å². The predicted octanol–water partition coefficient (Wildman–Crippen LogP) is 6.76. The molecule has 0 bridgehead atoms. The molecule has 0 aliphatic carbocycles. The number of hydrogen-bond acceptors (Lipinski definition) is 4. The minimum atomic E-state index is -0.447. The zero-order valence-corrected chi connectivity index (χ0v) is 19.9. The standard InChI is InChI=1S/C24H23Cl2N3O2S/c1-15-4-2-3-13-29(15)18-8-6-17(7-9-18)27-24(32)28-23(30)22-12-11-21(31-22)19-10-5-16(25)14-20(19)26/h5-12,14-15H,2-4,13H2,1H3,(H2,27,28,30,32)/t15-/m0/s1. The van der Waals surface area contributed by atoms with Gasteiger partial charge in [-0.15, -0.1) is 0 Å². The first kappa shape index (κ1) is 22.6. The summed E-state index contributed by atoms with van der Waals surface area (Å²) in [6, 6.07) is 16.9. The molecule has 0 spiro atoms. The summed E-state index contributed by atoms with van der Waals surface area (Å²) >= 11 is 17.4. The minimum Gasteiger partial charge on any atom is -0.451 e. The molecule has 166 valence electrons. The summed E-state index contributed by atoms with van der Waals surface area (Å²) in [7, 11) is 0. The number of nitrogens with zero attached hydrogens (tertiary/aromatic N) is 1. The maximum Gasteiger partial charge on any atom is 0.293 e. The Balaban J connectivity index is 1.36. The number of hydrogen-bond donors (Lipinski definition) is 2. The Labute approximate surface area is 202 Å². The first-order chi connectivity index (χ1) is 15.4. The lowest BCUT2D eigenvalue weighted by atomic mass is 10.0. The quantitative estimate of drug-likeness (QED) is 0.398. The maximum absolute atomic E-state index is 12.5. The molecule has 2 aromatic carbocycles. The van der Waals surface area contributed by atoms with E-state index >= 15 is 0 Å². The van der Waals surface area contributed by atoms with Crippen LogP contribution in [0.25, 0.3) is 11.3 Å². The molecule has 1 saturated heterocycles. The van der Waals surface area contributed by atoms with E-state index in [9.17, 15) is 4.79 Å². The molecule has 0 saturated carbocycles. The number of carbonyl (C=O) groups is 1. The summed E-state index contributed by atoms with van der Waals surface area (Å²) in [6.07, 6.45) is 3.73. The largest absolute Gasteiger partial charge is 0.451 e. The summed E-state index contributed by atoms with van der Waals surface area (Å²) in [5.74, 6) is 0.153. The molecule has 1 atom stereocenters. The summed E-state index contributed by atoms with van der Waals surface area (Å²) in [6.45, 7) is 3.34. The van der Waals surface area contributed by atoms with Crippen LogP contribution >= 0.6 is 35.4 Å². The van der Waals surface area contributed by atoms with Crippen molar-refractivity contribution in [1.82, 2.24) is 5.32 Å². The van der Waals surface area contributed by atoms with Crippen molar-refractivity contribution in [3.63, 3.8) is 0 Å². The van der Waals surface area contributed by atoms with Crippen LogP contribution in [0.15, 0.2) is 59.0 Å². The van der Waals surface area contributed by atoms with Crippen molar-refractivity contribution < 1.29 is 9.21 Å². The molecule has 2 heterocycles. The van der Waals surface area contributed by atoms with Gasteiger partial charge in [0.15, 0.2) is 10.9 Å².